The van der Waals surface area contributed by atoms with Crippen molar-refractivity contribution in [3.63, 3.8) is 0 Å². The van der Waals surface area contributed by atoms with Crippen molar-refractivity contribution in [3.8, 4) is 0 Å². The minimum absolute atomic E-state index is 0.159. The Kier molecular flexibility index (Phi) is 3.07. The molecule has 0 saturated heterocycles. The Bertz CT molecular complexity index is 372. The van der Waals surface area contributed by atoms with Crippen molar-refractivity contribution in [1.82, 2.24) is 0 Å². The number of ketones is 1. The molecule has 68 valence electrons. The van der Waals surface area contributed by atoms with Gasteiger partial charge in [-0.2, -0.15) is 0 Å². The first kappa shape index (κ1) is 10.2. The van der Waals surface area contributed by atoms with Crippen LogP contribution in [0.25, 0.3) is 0 Å². The van der Waals surface area contributed by atoms with Gasteiger partial charge in [-0.05, 0) is 19.1 Å². The normalized spacial score (nSPS) is 9.77. The van der Waals surface area contributed by atoms with Gasteiger partial charge in [-0.3, -0.25) is 9.59 Å². The van der Waals surface area contributed by atoms with Crippen molar-refractivity contribution < 1.29 is 9.59 Å². The molecule has 0 saturated carbocycles. The van der Waals surface area contributed by atoms with Crippen molar-refractivity contribution in [2.75, 3.05) is 0 Å². The average Bonchev–Trinajstić information content (AvgIpc) is 2.08. The lowest BCUT2D eigenvalue weighted by molar-refractivity contribution is 0.101. The molecule has 0 fully saturated rings. The highest BCUT2D eigenvalue weighted by Gasteiger charge is 2.10. The summed E-state index contributed by atoms with van der Waals surface area (Å²) in [5, 5.41) is 0.489. The first-order chi connectivity index (χ1) is 6.06. The molecule has 0 bridgehead atoms. The van der Waals surface area contributed by atoms with Gasteiger partial charge in [0.1, 0.15) is 0 Å². The molecule has 0 aliphatic rings. The first-order valence-corrected chi connectivity index (χ1v) is 4.27. The summed E-state index contributed by atoms with van der Waals surface area (Å²) in [6, 6.07) is 2.86. The van der Waals surface area contributed by atoms with Crippen LogP contribution in [0.1, 0.15) is 27.6 Å². The predicted molar refractivity (Wildman–Crippen MR) is 51.9 cm³/mol. The summed E-state index contributed by atoms with van der Waals surface area (Å²) in [5.74, 6) is -0.212. The van der Waals surface area contributed by atoms with Crippen molar-refractivity contribution in [2.24, 2.45) is 0 Å². The highest BCUT2D eigenvalue weighted by molar-refractivity contribution is 6.38. The second-order valence-corrected chi connectivity index (χ2v) is 3.34. The fourth-order valence-corrected chi connectivity index (χ4v) is 1.47. The fraction of sp³-hybridized carbons (Fsp3) is 0.111. The minimum Gasteiger partial charge on any atom is -0.298 e. The quantitative estimate of drug-likeness (QED) is 0.563. The van der Waals surface area contributed by atoms with Gasteiger partial charge in [0, 0.05) is 16.1 Å². The molecule has 1 aromatic rings. The van der Waals surface area contributed by atoms with Crippen LogP contribution in [0, 0.1) is 0 Å². The van der Waals surface area contributed by atoms with Gasteiger partial charge in [0.15, 0.2) is 12.1 Å². The van der Waals surface area contributed by atoms with Gasteiger partial charge in [-0.15, -0.1) is 0 Å². The summed E-state index contributed by atoms with van der Waals surface area (Å²) in [7, 11) is 0. The van der Waals surface area contributed by atoms with Crippen molar-refractivity contribution in [2.45, 2.75) is 6.92 Å². The third-order valence-electron chi connectivity index (χ3n) is 1.57. The van der Waals surface area contributed by atoms with Gasteiger partial charge < -0.3 is 0 Å². The summed E-state index contributed by atoms with van der Waals surface area (Å²) in [6.07, 6.45) is 0.570. The molecule has 1 rings (SSSR count). The lowest BCUT2D eigenvalue weighted by atomic mass is 10.1. The zero-order valence-electron chi connectivity index (χ0n) is 6.80. The molecule has 0 aliphatic heterocycles. The van der Waals surface area contributed by atoms with E-state index in [0.29, 0.717) is 11.3 Å². The molecule has 1 aromatic carbocycles. The topological polar surface area (TPSA) is 34.1 Å². The van der Waals surface area contributed by atoms with Crippen LogP contribution >= 0.6 is 23.2 Å². The lowest BCUT2D eigenvalue weighted by Gasteiger charge is -2.02. The smallest absolute Gasteiger partial charge is 0.161 e. The number of aldehydes is 1. The van der Waals surface area contributed by atoms with E-state index in [9.17, 15) is 9.59 Å². The number of carbonyl (C=O) groups excluding carboxylic acids is 2. The zero-order chi connectivity index (χ0) is 10.0. The Morgan fingerprint density at radius 3 is 2.46 bits per heavy atom. The number of hydrogen-bond donors (Lipinski definition) is 0. The Morgan fingerprint density at radius 2 is 2.00 bits per heavy atom. The number of Topliss-reactive ketones (excluding diaryl/α,β-unsaturated/α-hetero) is 1. The molecular formula is C9H6Cl2O2. The van der Waals surface area contributed by atoms with Gasteiger partial charge in [0.2, 0.25) is 0 Å². The maximum absolute atomic E-state index is 11.0. The van der Waals surface area contributed by atoms with Crippen LogP contribution in [0.15, 0.2) is 12.1 Å². The Balaban J connectivity index is 3.44. The third kappa shape index (κ3) is 2.08. The number of benzene rings is 1. The minimum atomic E-state index is -0.212. The average molecular weight is 217 g/mol. The Labute approximate surface area is 85.5 Å². The summed E-state index contributed by atoms with van der Waals surface area (Å²) in [6.45, 7) is 1.37. The second-order valence-electron chi connectivity index (χ2n) is 2.53. The number of rotatable bonds is 2. The molecule has 0 heterocycles. The molecule has 0 N–H and O–H groups in total. The van der Waals surface area contributed by atoms with Crippen molar-refractivity contribution >= 4 is 35.3 Å². The van der Waals surface area contributed by atoms with Crippen LogP contribution in [0.3, 0.4) is 0 Å². The van der Waals surface area contributed by atoms with Crippen molar-refractivity contribution in [1.29, 1.82) is 0 Å². The summed E-state index contributed by atoms with van der Waals surface area (Å²) >= 11 is 11.4. The van der Waals surface area contributed by atoms with Crippen LogP contribution < -0.4 is 0 Å². The molecule has 0 atom stereocenters. The first-order valence-electron chi connectivity index (χ1n) is 3.51. The monoisotopic (exact) mass is 216 g/mol. The van der Waals surface area contributed by atoms with E-state index in [2.05, 4.69) is 0 Å². The standard InChI is InChI=1S/C9H6Cl2O2/c1-5(13)8-3-7(10)2-6(4-12)9(8)11/h2-4H,1H3. The summed E-state index contributed by atoms with van der Waals surface area (Å²) in [4.78, 5) is 21.5. The molecular weight excluding hydrogens is 211 g/mol. The fourth-order valence-electron chi connectivity index (χ4n) is 0.952. The van der Waals surface area contributed by atoms with Gasteiger partial charge in [-0.25, -0.2) is 0 Å². The maximum atomic E-state index is 11.0. The van der Waals surface area contributed by atoms with Crippen LogP contribution in [0.5, 0.6) is 0 Å². The summed E-state index contributed by atoms with van der Waals surface area (Å²) < 4.78 is 0. The highest BCUT2D eigenvalue weighted by Crippen LogP contribution is 2.24. The van der Waals surface area contributed by atoms with Crippen LogP contribution in [0.4, 0.5) is 0 Å². The van der Waals surface area contributed by atoms with E-state index in [0.717, 1.165) is 0 Å². The van der Waals surface area contributed by atoms with E-state index in [4.69, 9.17) is 23.2 Å². The van der Waals surface area contributed by atoms with E-state index >= 15 is 0 Å². The molecule has 0 aliphatic carbocycles. The van der Waals surface area contributed by atoms with E-state index in [1.54, 1.807) is 0 Å². The van der Waals surface area contributed by atoms with Gasteiger partial charge >= 0.3 is 0 Å². The maximum Gasteiger partial charge on any atom is 0.161 e. The Hall–Kier alpha value is -0.860. The predicted octanol–water partition coefficient (Wildman–Crippen LogP) is 3.01. The van der Waals surface area contributed by atoms with E-state index in [1.807, 2.05) is 0 Å². The zero-order valence-corrected chi connectivity index (χ0v) is 8.32. The van der Waals surface area contributed by atoms with Crippen LogP contribution in [0.2, 0.25) is 10.0 Å². The van der Waals surface area contributed by atoms with E-state index < -0.39 is 0 Å². The molecule has 0 spiro atoms. The third-order valence-corrected chi connectivity index (χ3v) is 2.21. The molecule has 2 nitrogen and oxygen atoms in total. The number of halogens is 2. The van der Waals surface area contributed by atoms with Gasteiger partial charge in [0.25, 0.3) is 0 Å². The summed E-state index contributed by atoms with van der Waals surface area (Å²) in [5.41, 5.74) is 0.510. The molecule has 0 unspecified atom stereocenters. The van der Waals surface area contributed by atoms with E-state index in [-0.39, 0.29) is 21.9 Å². The second kappa shape index (κ2) is 3.90. The highest BCUT2D eigenvalue weighted by atomic mass is 35.5. The molecule has 13 heavy (non-hydrogen) atoms. The van der Waals surface area contributed by atoms with Crippen LogP contribution in [-0.2, 0) is 0 Å². The molecule has 0 radical (unpaired) electrons. The lowest BCUT2D eigenvalue weighted by Crippen LogP contribution is -1.96. The molecule has 0 amide bonds. The van der Waals surface area contributed by atoms with E-state index in [1.165, 1.54) is 19.1 Å². The van der Waals surface area contributed by atoms with Crippen molar-refractivity contribution in [3.05, 3.63) is 33.3 Å². The van der Waals surface area contributed by atoms with Gasteiger partial charge in [-0.1, -0.05) is 23.2 Å². The molecule has 4 heteroatoms. The van der Waals surface area contributed by atoms with Gasteiger partial charge in [0.05, 0.1) is 5.02 Å². The Morgan fingerprint density at radius 1 is 1.38 bits per heavy atom. The van der Waals surface area contributed by atoms with Crippen LogP contribution in [-0.4, -0.2) is 12.1 Å². The SMILES string of the molecule is CC(=O)c1cc(Cl)cc(C=O)c1Cl. The largest absolute Gasteiger partial charge is 0.298 e. The molecule has 0 aromatic heterocycles. The number of carbonyl (C=O) groups is 2. The number of hydrogen-bond acceptors (Lipinski definition) is 2.